The molecule has 1 aliphatic heterocycles. The van der Waals surface area contributed by atoms with Crippen LogP contribution in [0.15, 0.2) is 76.5 Å². The second-order valence-corrected chi connectivity index (χ2v) is 7.21. The summed E-state index contributed by atoms with van der Waals surface area (Å²) in [4.78, 5) is 20.4. The molecule has 1 aromatic heterocycles. The van der Waals surface area contributed by atoms with Crippen molar-refractivity contribution in [1.82, 2.24) is 4.90 Å². The van der Waals surface area contributed by atoms with E-state index in [0.29, 0.717) is 19.5 Å². The Morgan fingerprint density at radius 3 is 2.58 bits per heavy atom. The fourth-order valence-electron chi connectivity index (χ4n) is 3.49. The zero-order valence-electron chi connectivity index (χ0n) is 17.5. The van der Waals surface area contributed by atoms with Crippen LogP contribution < -0.4 is 9.47 Å². The quantitative estimate of drug-likeness (QED) is 0.548. The molecular formula is C24H24N2O5. The molecule has 2 aromatic carbocycles. The summed E-state index contributed by atoms with van der Waals surface area (Å²) >= 11 is 0. The van der Waals surface area contributed by atoms with Crippen molar-refractivity contribution in [3.8, 4) is 11.5 Å². The van der Waals surface area contributed by atoms with Crippen molar-refractivity contribution in [2.24, 2.45) is 5.16 Å². The lowest BCUT2D eigenvalue weighted by atomic mass is 10.0. The lowest BCUT2D eigenvalue weighted by Gasteiger charge is -2.24. The molecule has 0 bridgehead atoms. The van der Waals surface area contributed by atoms with Crippen LogP contribution in [0.1, 0.15) is 28.1 Å². The second kappa shape index (κ2) is 9.38. The van der Waals surface area contributed by atoms with Crippen LogP contribution in [-0.2, 0) is 11.4 Å². The van der Waals surface area contributed by atoms with E-state index in [1.165, 1.54) is 6.26 Å². The molecular weight excluding hydrogens is 396 g/mol. The Kier molecular flexibility index (Phi) is 6.21. The molecule has 1 unspecified atom stereocenters. The molecule has 0 saturated heterocycles. The Balaban J connectivity index is 1.47. The van der Waals surface area contributed by atoms with Crippen molar-refractivity contribution in [2.75, 3.05) is 20.8 Å². The Bertz CT molecular complexity index is 1040. The number of amides is 1. The Labute approximate surface area is 180 Å². The number of carbonyl (C=O) groups excluding carboxylic acids is 1. The third-order valence-corrected chi connectivity index (χ3v) is 5.11. The average molecular weight is 420 g/mol. The van der Waals surface area contributed by atoms with E-state index in [1.54, 1.807) is 31.3 Å². The van der Waals surface area contributed by atoms with Crippen molar-refractivity contribution in [3.05, 3.63) is 83.8 Å². The normalized spacial score (nSPS) is 15.2. The number of ether oxygens (including phenoxy) is 2. The minimum atomic E-state index is -0.248. The van der Waals surface area contributed by atoms with Crippen LogP contribution in [0.3, 0.4) is 0 Å². The van der Waals surface area contributed by atoms with Gasteiger partial charge in [0, 0.05) is 13.0 Å². The molecule has 0 aliphatic carbocycles. The number of rotatable bonds is 8. The molecule has 3 aromatic rings. The lowest BCUT2D eigenvalue weighted by Crippen LogP contribution is -2.37. The largest absolute Gasteiger partial charge is 0.497 e. The van der Waals surface area contributed by atoms with Gasteiger partial charge < -0.3 is 23.6 Å². The molecule has 1 aliphatic rings. The lowest BCUT2D eigenvalue weighted by molar-refractivity contribution is 0.0387. The first-order valence-corrected chi connectivity index (χ1v) is 9.99. The molecule has 31 heavy (non-hydrogen) atoms. The highest BCUT2D eigenvalue weighted by atomic mass is 16.6. The molecule has 1 amide bonds. The van der Waals surface area contributed by atoms with Crippen LogP contribution in [0.25, 0.3) is 0 Å². The number of carbonyl (C=O) groups is 1. The van der Waals surface area contributed by atoms with E-state index in [-0.39, 0.29) is 17.8 Å². The first-order valence-electron chi connectivity index (χ1n) is 9.99. The predicted octanol–water partition coefficient (Wildman–Crippen LogP) is 4.13. The number of nitrogens with zero attached hydrogens (tertiary/aromatic N) is 2. The number of hydrogen-bond donors (Lipinski definition) is 0. The topological polar surface area (TPSA) is 73.5 Å². The van der Waals surface area contributed by atoms with Crippen LogP contribution in [0.5, 0.6) is 11.5 Å². The summed E-state index contributed by atoms with van der Waals surface area (Å²) < 4.78 is 15.9. The molecule has 2 heterocycles. The van der Waals surface area contributed by atoms with Gasteiger partial charge in [-0.2, -0.15) is 0 Å². The van der Waals surface area contributed by atoms with Gasteiger partial charge in [0.15, 0.2) is 11.9 Å². The number of oxime groups is 1. The van der Waals surface area contributed by atoms with E-state index in [4.69, 9.17) is 18.7 Å². The van der Waals surface area contributed by atoms with Gasteiger partial charge in [-0.05, 0) is 59.7 Å². The van der Waals surface area contributed by atoms with Gasteiger partial charge in [-0.15, -0.1) is 0 Å². The van der Waals surface area contributed by atoms with Gasteiger partial charge >= 0.3 is 0 Å². The summed E-state index contributed by atoms with van der Waals surface area (Å²) in [6.45, 7) is 0.772. The van der Waals surface area contributed by atoms with E-state index in [0.717, 1.165) is 28.3 Å². The van der Waals surface area contributed by atoms with Crippen molar-refractivity contribution >= 4 is 11.6 Å². The Morgan fingerprint density at radius 1 is 1.06 bits per heavy atom. The van der Waals surface area contributed by atoms with Gasteiger partial charge in [-0.3, -0.25) is 4.79 Å². The summed E-state index contributed by atoms with van der Waals surface area (Å²) in [7, 11) is 3.25. The summed E-state index contributed by atoms with van der Waals surface area (Å²) in [6, 6.07) is 18.7. The zero-order chi connectivity index (χ0) is 21.6. The molecule has 0 radical (unpaired) electrons. The maximum Gasteiger partial charge on any atom is 0.289 e. The smallest absolute Gasteiger partial charge is 0.289 e. The van der Waals surface area contributed by atoms with Crippen LogP contribution in [0.2, 0.25) is 0 Å². The highest BCUT2D eigenvalue weighted by Gasteiger charge is 2.28. The Hall–Kier alpha value is -3.74. The van der Waals surface area contributed by atoms with Crippen molar-refractivity contribution in [2.45, 2.75) is 19.1 Å². The van der Waals surface area contributed by atoms with Gasteiger partial charge in [0.05, 0.1) is 32.7 Å². The first kappa shape index (κ1) is 20.5. The molecule has 4 rings (SSSR count). The number of benzene rings is 2. The number of hydrogen-bond acceptors (Lipinski definition) is 6. The van der Waals surface area contributed by atoms with Crippen molar-refractivity contribution in [1.29, 1.82) is 0 Å². The molecule has 7 nitrogen and oxygen atoms in total. The van der Waals surface area contributed by atoms with Crippen molar-refractivity contribution in [3.63, 3.8) is 0 Å². The van der Waals surface area contributed by atoms with Crippen LogP contribution in [0, 0.1) is 0 Å². The SMILES string of the molecule is COc1ccc(C2=NOC(CN(Cc3cccc(OC)c3)C(=O)c3ccco3)C2)cc1. The molecule has 0 fully saturated rings. The Morgan fingerprint density at radius 2 is 1.87 bits per heavy atom. The van der Waals surface area contributed by atoms with Gasteiger partial charge in [0.1, 0.15) is 11.5 Å². The zero-order valence-corrected chi connectivity index (χ0v) is 17.5. The number of furan rings is 1. The van der Waals surface area contributed by atoms with Crippen LogP contribution in [-0.4, -0.2) is 43.4 Å². The van der Waals surface area contributed by atoms with E-state index in [9.17, 15) is 4.79 Å². The fraction of sp³-hybridized carbons (Fsp3) is 0.250. The fourth-order valence-corrected chi connectivity index (χ4v) is 3.49. The van der Waals surface area contributed by atoms with Gasteiger partial charge in [0.2, 0.25) is 0 Å². The first-order chi connectivity index (χ1) is 15.2. The molecule has 0 N–H and O–H groups in total. The van der Waals surface area contributed by atoms with Gasteiger partial charge in [-0.25, -0.2) is 0 Å². The maximum atomic E-state index is 13.1. The summed E-state index contributed by atoms with van der Waals surface area (Å²) in [5.74, 6) is 1.62. The second-order valence-electron chi connectivity index (χ2n) is 7.21. The minimum absolute atomic E-state index is 0.200. The molecule has 0 spiro atoms. The highest BCUT2D eigenvalue weighted by Crippen LogP contribution is 2.22. The van der Waals surface area contributed by atoms with Gasteiger partial charge in [0.25, 0.3) is 5.91 Å². The maximum absolute atomic E-state index is 13.1. The van der Waals surface area contributed by atoms with E-state index < -0.39 is 0 Å². The van der Waals surface area contributed by atoms with Crippen LogP contribution >= 0.6 is 0 Å². The van der Waals surface area contributed by atoms with Crippen molar-refractivity contribution < 1.29 is 23.5 Å². The summed E-state index contributed by atoms with van der Waals surface area (Å²) in [6.07, 6.45) is 1.85. The van der Waals surface area contributed by atoms with E-state index >= 15 is 0 Å². The molecule has 7 heteroatoms. The summed E-state index contributed by atoms with van der Waals surface area (Å²) in [5, 5.41) is 4.25. The summed E-state index contributed by atoms with van der Waals surface area (Å²) in [5.41, 5.74) is 2.77. The van der Waals surface area contributed by atoms with E-state index in [1.807, 2.05) is 48.5 Å². The number of methoxy groups -OCH3 is 2. The molecule has 160 valence electrons. The standard InChI is InChI=1S/C24H24N2O5/c1-28-19-10-8-18(9-11-19)22-14-21(31-25-22)16-26(24(27)23-7-4-12-30-23)15-17-5-3-6-20(13-17)29-2/h3-13,21H,14-16H2,1-2H3. The highest BCUT2D eigenvalue weighted by molar-refractivity contribution is 6.01. The molecule has 1 atom stereocenters. The third-order valence-electron chi connectivity index (χ3n) is 5.11. The van der Waals surface area contributed by atoms with Crippen LogP contribution in [0.4, 0.5) is 0 Å². The average Bonchev–Trinajstić information content (AvgIpc) is 3.51. The monoisotopic (exact) mass is 420 g/mol. The van der Waals surface area contributed by atoms with E-state index in [2.05, 4.69) is 5.16 Å². The molecule has 0 saturated carbocycles. The third kappa shape index (κ3) is 4.88. The van der Waals surface area contributed by atoms with Gasteiger partial charge in [-0.1, -0.05) is 17.3 Å². The minimum Gasteiger partial charge on any atom is -0.497 e. The predicted molar refractivity (Wildman–Crippen MR) is 115 cm³/mol.